The zero-order valence-corrected chi connectivity index (χ0v) is 8.05. The van der Waals surface area contributed by atoms with Gasteiger partial charge in [-0.25, -0.2) is 4.98 Å². The second kappa shape index (κ2) is 3.05. The summed E-state index contributed by atoms with van der Waals surface area (Å²) in [6.45, 7) is 0. The summed E-state index contributed by atoms with van der Waals surface area (Å²) in [4.78, 5) is 3.91. The van der Waals surface area contributed by atoms with Crippen LogP contribution in [0.3, 0.4) is 0 Å². The largest absolute Gasteiger partial charge is 0.420 e. The molecule has 0 aliphatic heterocycles. The van der Waals surface area contributed by atoms with Crippen LogP contribution in [-0.4, -0.2) is 15.2 Å². The fraction of sp³-hybridized carbons (Fsp3) is 0.300. The maximum atomic E-state index is 5.57. The molecule has 3 rings (SSSR count). The van der Waals surface area contributed by atoms with Crippen molar-refractivity contribution in [2.75, 3.05) is 5.73 Å². The van der Waals surface area contributed by atoms with Gasteiger partial charge in [-0.3, -0.25) is 0 Å². The van der Waals surface area contributed by atoms with Crippen molar-refractivity contribution < 1.29 is 4.42 Å². The van der Waals surface area contributed by atoms with Crippen LogP contribution in [0.25, 0.3) is 11.5 Å². The van der Waals surface area contributed by atoms with E-state index in [0.29, 0.717) is 17.6 Å². The molecule has 2 aromatic heterocycles. The Kier molecular flexibility index (Phi) is 1.71. The highest BCUT2D eigenvalue weighted by atomic mass is 16.4. The van der Waals surface area contributed by atoms with Crippen LogP contribution < -0.4 is 5.73 Å². The minimum atomic E-state index is 0.457. The fourth-order valence-corrected chi connectivity index (χ4v) is 1.43. The molecule has 0 saturated heterocycles. The molecule has 1 saturated carbocycles. The number of hydrogen-bond acceptors (Lipinski definition) is 5. The average molecular weight is 202 g/mol. The summed E-state index contributed by atoms with van der Waals surface area (Å²) in [5.41, 5.74) is 6.40. The molecular weight excluding hydrogens is 192 g/mol. The van der Waals surface area contributed by atoms with Crippen molar-refractivity contribution in [1.29, 1.82) is 0 Å². The molecule has 0 aromatic carbocycles. The monoisotopic (exact) mass is 202 g/mol. The van der Waals surface area contributed by atoms with Crippen molar-refractivity contribution >= 4 is 5.82 Å². The lowest BCUT2D eigenvalue weighted by Crippen LogP contribution is -1.89. The van der Waals surface area contributed by atoms with E-state index < -0.39 is 0 Å². The molecule has 5 nitrogen and oxygen atoms in total. The van der Waals surface area contributed by atoms with Gasteiger partial charge >= 0.3 is 0 Å². The van der Waals surface area contributed by atoms with Crippen LogP contribution in [0.4, 0.5) is 5.82 Å². The standard InChI is InChI=1S/C10H10N4O/c11-8-5-7(3-4-12-8)10-14-13-9(15-10)6-1-2-6/h3-6H,1-2H2,(H2,11,12). The predicted molar refractivity (Wildman–Crippen MR) is 53.9 cm³/mol. The van der Waals surface area contributed by atoms with Crippen LogP contribution in [-0.2, 0) is 0 Å². The Morgan fingerprint density at radius 3 is 2.93 bits per heavy atom. The molecule has 0 bridgehead atoms. The maximum absolute atomic E-state index is 5.57. The number of nitrogens with zero attached hydrogens (tertiary/aromatic N) is 3. The van der Waals surface area contributed by atoms with Crippen molar-refractivity contribution in [3.8, 4) is 11.5 Å². The van der Waals surface area contributed by atoms with Crippen LogP contribution >= 0.6 is 0 Å². The summed E-state index contributed by atoms with van der Waals surface area (Å²) < 4.78 is 5.54. The van der Waals surface area contributed by atoms with E-state index >= 15 is 0 Å². The van der Waals surface area contributed by atoms with Crippen molar-refractivity contribution in [2.24, 2.45) is 0 Å². The Morgan fingerprint density at radius 1 is 1.33 bits per heavy atom. The normalized spacial score (nSPS) is 15.5. The van der Waals surface area contributed by atoms with Gasteiger partial charge in [0, 0.05) is 17.7 Å². The quantitative estimate of drug-likeness (QED) is 0.800. The average Bonchev–Trinajstić information content (AvgIpc) is 2.97. The van der Waals surface area contributed by atoms with Gasteiger partial charge in [-0.2, -0.15) is 0 Å². The molecule has 1 aliphatic rings. The molecular formula is C10H10N4O. The van der Waals surface area contributed by atoms with E-state index in [0.717, 1.165) is 24.3 Å². The third-order valence-electron chi connectivity index (χ3n) is 2.40. The van der Waals surface area contributed by atoms with Gasteiger partial charge in [-0.05, 0) is 25.0 Å². The molecule has 0 unspecified atom stereocenters. The van der Waals surface area contributed by atoms with E-state index in [1.54, 1.807) is 18.3 Å². The first-order valence-electron chi connectivity index (χ1n) is 4.88. The van der Waals surface area contributed by atoms with E-state index in [2.05, 4.69) is 15.2 Å². The van der Waals surface area contributed by atoms with Crippen molar-refractivity contribution in [1.82, 2.24) is 15.2 Å². The van der Waals surface area contributed by atoms with Crippen LogP contribution in [0, 0.1) is 0 Å². The lowest BCUT2D eigenvalue weighted by atomic mass is 10.2. The Labute approximate surface area is 86.3 Å². The minimum Gasteiger partial charge on any atom is -0.420 e. The summed E-state index contributed by atoms with van der Waals surface area (Å²) in [5, 5.41) is 8.00. The highest BCUT2D eigenvalue weighted by Gasteiger charge is 2.29. The van der Waals surface area contributed by atoms with Crippen molar-refractivity contribution in [3.05, 3.63) is 24.2 Å². The Balaban J connectivity index is 1.97. The molecule has 0 amide bonds. The maximum Gasteiger partial charge on any atom is 0.247 e. The Bertz CT molecular complexity index is 490. The summed E-state index contributed by atoms with van der Waals surface area (Å²) >= 11 is 0. The molecule has 0 atom stereocenters. The van der Waals surface area contributed by atoms with Gasteiger partial charge in [0.05, 0.1) is 0 Å². The molecule has 2 heterocycles. The Hall–Kier alpha value is -1.91. The number of hydrogen-bond donors (Lipinski definition) is 1. The van der Waals surface area contributed by atoms with Gasteiger partial charge in [0.25, 0.3) is 0 Å². The number of nitrogens with two attached hydrogens (primary N) is 1. The lowest BCUT2D eigenvalue weighted by molar-refractivity contribution is 0.508. The van der Waals surface area contributed by atoms with Crippen LogP contribution in [0.5, 0.6) is 0 Å². The molecule has 5 heteroatoms. The van der Waals surface area contributed by atoms with Gasteiger partial charge in [-0.1, -0.05) is 0 Å². The van der Waals surface area contributed by atoms with E-state index in [4.69, 9.17) is 10.2 Å². The molecule has 2 aromatic rings. The van der Waals surface area contributed by atoms with Crippen LogP contribution in [0.15, 0.2) is 22.7 Å². The van der Waals surface area contributed by atoms with Crippen molar-refractivity contribution in [2.45, 2.75) is 18.8 Å². The van der Waals surface area contributed by atoms with E-state index in [1.165, 1.54) is 0 Å². The zero-order valence-electron chi connectivity index (χ0n) is 8.05. The summed E-state index contributed by atoms with van der Waals surface area (Å²) in [7, 11) is 0. The van der Waals surface area contributed by atoms with E-state index in [-0.39, 0.29) is 0 Å². The SMILES string of the molecule is Nc1cc(-c2nnc(C3CC3)o2)ccn1. The number of aromatic nitrogens is 3. The smallest absolute Gasteiger partial charge is 0.247 e. The van der Waals surface area contributed by atoms with E-state index in [9.17, 15) is 0 Å². The minimum absolute atomic E-state index is 0.457. The highest BCUT2D eigenvalue weighted by Crippen LogP contribution is 2.39. The summed E-state index contributed by atoms with van der Waals surface area (Å²) in [6, 6.07) is 3.53. The summed E-state index contributed by atoms with van der Waals surface area (Å²) in [6.07, 6.45) is 3.94. The van der Waals surface area contributed by atoms with Gasteiger partial charge in [0.2, 0.25) is 11.8 Å². The molecule has 1 aliphatic carbocycles. The van der Waals surface area contributed by atoms with Gasteiger partial charge in [-0.15, -0.1) is 10.2 Å². The third kappa shape index (κ3) is 1.56. The zero-order chi connectivity index (χ0) is 10.3. The lowest BCUT2D eigenvalue weighted by Gasteiger charge is -1.94. The second-order valence-electron chi connectivity index (χ2n) is 3.69. The summed E-state index contributed by atoms with van der Waals surface area (Å²) in [5.74, 6) is 2.19. The molecule has 1 fully saturated rings. The third-order valence-corrected chi connectivity index (χ3v) is 2.40. The number of nitrogen functional groups attached to an aromatic ring is 1. The predicted octanol–water partition coefficient (Wildman–Crippen LogP) is 1.59. The number of pyridine rings is 1. The molecule has 15 heavy (non-hydrogen) atoms. The molecule has 0 spiro atoms. The van der Waals surface area contributed by atoms with Crippen molar-refractivity contribution in [3.63, 3.8) is 0 Å². The van der Waals surface area contributed by atoms with Gasteiger partial charge in [0.1, 0.15) is 5.82 Å². The highest BCUT2D eigenvalue weighted by molar-refractivity contribution is 5.56. The number of rotatable bonds is 2. The first kappa shape index (κ1) is 8.40. The molecule has 76 valence electrons. The molecule has 2 N–H and O–H groups in total. The van der Waals surface area contributed by atoms with E-state index in [1.807, 2.05) is 0 Å². The van der Waals surface area contributed by atoms with Gasteiger partial charge < -0.3 is 10.2 Å². The first-order valence-corrected chi connectivity index (χ1v) is 4.88. The molecule has 0 radical (unpaired) electrons. The van der Waals surface area contributed by atoms with Crippen LogP contribution in [0.2, 0.25) is 0 Å². The van der Waals surface area contributed by atoms with Crippen LogP contribution in [0.1, 0.15) is 24.7 Å². The Morgan fingerprint density at radius 2 is 2.20 bits per heavy atom. The van der Waals surface area contributed by atoms with Gasteiger partial charge in [0.15, 0.2) is 0 Å². The second-order valence-corrected chi connectivity index (χ2v) is 3.69. The topological polar surface area (TPSA) is 77.8 Å². The number of anilines is 1. The first-order chi connectivity index (χ1) is 7.33. The fourth-order valence-electron chi connectivity index (χ4n) is 1.43.